The van der Waals surface area contributed by atoms with Crippen molar-refractivity contribution < 1.29 is 4.39 Å². The number of anilines is 1. The molecule has 1 spiro atoms. The number of nitrogens with one attached hydrogen (secondary N) is 3. The third-order valence-electron chi connectivity index (χ3n) is 6.00. The zero-order chi connectivity index (χ0) is 19.1. The summed E-state index contributed by atoms with van der Waals surface area (Å²) < 4.78 is 16.4. The van der Waals surface area contributed by atoms with Crippen LogP contribution < -0.4 is 16.0 Å². The van der Waals surface area contributed by atoms with E-state index < -0.39 is 0 Å². The van der Waals surface area contributed by atoms with E-state index in [1.165, 1.54) is 0 Å². The Bertz CT molecular complexity index is 1020. The van der Waals surface area contributed by atoms with Crippen molar-refractivity contribution in [2.75, 3.05) is 25.0 Å². The van der Waals surface area contributed by atoms with E-state index in [1.54, 1.807) is 16.8 Å². The molecule has 3 aromatic rings. The molecule has 6 nitrogen and oxygen atoms in total. The Hall–Kier alpha value is -2.51. The first kappa shape index (κ1) is 17.6. The van der Waals surface area contributed by atoms with Crippen LogP contribution in [-0.4, -0.2) is 45.8 Å². The normalized spacial score (nSPS) is 25.1. The number of hydrogen-bond acceptors (Lipinski definition) is 5. The van der Waals surface area contributed by atoms with Crippen molar-refractivity contribution in [1.82, 2.24) is 25.2 Å². The Morgan fingerprint density at radius 2 is 2.14 bits per heavy atom. The number of rotatable bonds is 0. The third-order valence-corrected chi connectivity index (χ3v) is 6.00. The van der Waals surface area contributed by atoms with Crippen molar-refractivity contribution in [3.05, 3.63) is 48.0 Å². The molecule has 0 aliphatic carbocycles. The highest BCUT2D eigenvalue weighted by atomic mass is 19.1. The molecule has 5 rings (SSSR count). The maximum absolute atomic E-state index is 14.7. The van der Waals surface area contributed by atoms with Crippen LogP contribution in [0.2, 0.25) is 0 Å². The molecule has 4 bridgehead atoms. The summed E-state index contributed by atoms with van der Waals surface area (Å²) in [5, 5.41) is 15.1. The first-order valence-electron chi connectivity index (χ1n) is 9.97. The van der Waals surface area contributed by atoms with Crippen LogP contribution in [0.3, 0.4) is 0 Å². The lowest BCUT2D eigenvalue weighted by Crippen LogP contribution is -2.49. The molecule has 1 aromatic carbocycles. The fourth-order valence-corrected chi connectivity index (χ4v) is 4.51. The Morgan fingerprint density at radius 3 is 3.00 bits per heavy atom. The van der Waals surface area contributed by atoms with Crippen molar-refractivity contribution in [2.45, 2.75) is 37.8 Å². The first-order valence-corrected chi connectivity index (χ1v) is 9.97. The van der Waals surface area contributed by atoms with Crippen LogP contribution in [0.5, 0.6) is 0 Å². The molecule has 0 amide bonds. The predicted octanol–water partition coefficient (Wildman–Crippen LogP) is 2.60. The van der Waals surface area contributed by atoms with Crippen LogP contribution in [0.15, 0.2) is 36.7 Å². The molecule has 2 aliphatic rings. The zero-order valence-electron chi connectivity index (χ0n) is 16.0. The molecule has 0 radical (unpaired) electrons. The zero-order valence-corrected chi connectivity index (χ0v) is 16.0. The molecule has 1 fully saturated rings. The van der Waals surface area contributed by atoms with Gasteiger partial charge in [0.25, 0.3) is 0 Å². The smallest absolute Gasteiger partial charge is 0.165 e. The lowest BCUT2D eigenvalue weighted by Gasteiger charge is -2.30. The Balaban J connectivity index is 1.58. The van der Waals surface area contributed by atoms with Gasteiger partial charge in [0.15, 0.2) is 5.65 Å². The maximum Gasteiger partial charge on any atom is 0.165 e. The second-order valence-electron chi connectivity index (χ2n) is 8.07. The second-order valence-corrected chi connectivity index (χ2v) is 8.07. The molecule has 1 saturated heterocycles. The minimum absolute atomic E-state index is 0.0695. The first-order chi connectivity index (χ1) is 13.6. The Morgan fingerprint density at radius 1 is 1.21 bits per heavy atom. The van der Waals surface area contributed by atoms with Gasteiger partial charge in [-0.25, -0.2) is 13.9 Å². The summed E-state index contributed by atoms with van der Waals surface area (Å²) in [6.07, 6.45) is 6.58. The van der Waals surface area contributed by atoms with Gasteiger partial charge in [0.1, 0.15) is 11.6 Å². The molecule has 2 unspecified atom stereocenters. The molecule has 146 valence electrons. The van der Waals surface area contributed by atoms with Crippen LogP contribution in [0, 0.1) is 5.82 Å². The van der Waals surface area contributed by atoms with E-state index in [-0.39, 0.29) is 11.4 Å². The predicted molar refractivity (Wildman–Crippen MR) is 108 cm³/mol. The highest BCUT2D eigenvalue weighted by Gasteiger charge is 2.36. The molecule has 2 aliphatic heterocycles. The third kappa shape index (κ3) is 3.14. The quantitative estimate of drug-likeness (QED) is 0.560. The van der Waals surface area contributed by atoms with Gasteiger partial charge < -0.3 is 16.0 Å². The molecule has 28 heavy (non-hydrogen) atoms. The fourth-order valence-electron chi connectivity index (χ4n) is 4.51. The van der Waals surface area contributed by atoms with Gasteiger partial charge in [-0.1, -0.05) is 6.07 Å². The average Bonchev–Trinajstić information content (AvgIpc) is 3.28. The number of aromatic nitrogens is 3. The fraction of sp³-hybridized carbons (Fsp3) is 0.429. The summed E-state index contributed by atoms with van der Waals surface area (Å²) in [6.45, 7) is 4.83. The lowest BCUT2D eigenvalue weighted by atomic mass is 9.88. The number of hydrogen-bond donors (Lipinski definition) is 3. The maximum atomic E-state index is 14.7. The van der Waals surface area contributed by atoms with Crippen LogP contribution >= 0.6 is 0 Å². The Labute approximate surface area is 163 Å². The lowest BCUT2D eigenvalue weighted by molar-refractivity contribution is 0.330. The van der Waals surface area contributed by atoms with Crippen molar-refractivity contribution in [3.8, 4) is 11.1 Å². The summed E-state index contributed by atoms with van der Waals surface area (Å²) in [6, 6.07) is 7.83. The molecular weight excluding hydrogens is 355 g/mol. The van der Waals surface area contributed by atoms with E-state index in [9.17, 15) is 4.39 Å². The summed E-state index contributed by atoms with van der Waals surface area (Å²) >= 11 is 0. The topological polar surface area (TPSA) is 66.3 Å². The van der Waals surface area contributed by atoms with Gasteiger partial charge in [0, 0.05) is 48.5 Å². The Kier molecular flexibility index (Phi) is 4.29. The highest BCUT2D eigenvalue weighted by molar-refractivity contribution is 5.78. The monoisotopic (exact) mass is 380 g/mol. The van der Waals surface area contributed by atoms with Gasteiger partial charge in [0.2, 0.25) is 0 Å². The SMILES string of the molecule is CC1CC2(CCc3ccc(F)c(c3)-c3cnn4ccc(nc34)NCCN2)CN1. The second kappa shape index (κ2) is 6.83. The van der Waals surface area contributed by atoms with Gasteiger partial charge >= 0.3 is 0 Å². The summed E-state index contributed by atoms with van der Waals surface area (Å²) in [5.41, 5.74) is 3.16. The summed E-state index contributed by atoms with van der Waals surface area (Å²) in [4.78, 5) is 4.68. The van der Waals surface area contributed by atoms with E-state index in [4.69, 9.17) is 0 Å². The van der Waals surface area contributed by atoms with Gasteiger partial charge in [-0.3, -0.25) is 0 Å². The summed E-state index contributed by atoms with van der Waals surface area (Å²) in [5.74, 6) is 0.534. The van der Waals surface area contributed by atoms with Crippen molar-refractivity contribution >= 4 is 11.5 Å². The molecule has 3 N–H and O–H groups in total. The molecule has 0 saturated carbocycles. The molecular formula is C21H25FN6. The van der Waals surface area contributed by atoms with Crippen LogP contribution in [0.25, 0.3) is 16.8 Å². The van der Waals surface area contributed by atoms with Crippen LogP contribution in [-0.2, 0) is 6.42 Å². The van der Waals surface area contributed by atoms with Gasteiger partial charge in [-0.05, 0) is 49.9 Å². The van der Waals surface area contributed by atoms with Gasteiger partial charge in [-0.2, -0.15) is 5.10 Å². The van der Waals surface area contributed by atoms with E-state index >= 15 is 0 Å². The van der Waals surface area contributed by atoms with E-state index in [2.05, 4.69) is 33.0 Å². The van der Waals surface area contributed by atoms with Gasteiger partial charge in [-0.15, -0.1) is 0 Å². The highest BCUT2D eigenvalue weighted by Crippen LogP contribution is 2.30. The number of fused-ring (bicyclic) bond motifs is 4. The number of aryl methyl sites for hydroxylation is 1. The minimum Gasteiger partial charge on any atom is -0.369 e. The number of benzene rings is 1. The van der Waals surface area contributed by atoms with Gasteiger partial charge in [0.05, 0.1) is 6.20 Å². The van der Waals surface area contributed by atoms with Crippen LogP contribution in [0.1, 0.15) is 25.3 Å². The number of nitrogens with zero attached hydrogens (tertiary/aromatic N) is 3. The van der Waals surface area contributed by atoms with Crippen molar-refractivity contribution in [3.63, 3.8) is 0 Å². The molecule has 2 aromatic heterocycles. The van der Waals surface area contributed by atoms with E-state index in [0.29, 0.717) is 17.3 Å². The van der Waals surface area contributed by atoms with E-state index in [0.717, 1.165) is 55.8 Å². The minimum atomic E-state index is -0.241. The summed E-state index contributed by atoms with van der Waals surface area (Å²) in [7, 11) is 0. The molecule has 7 heteroatoms. The van der Waals surface area contributed by atoms with E-state index in [1.807, 2.05) is 24.4 Å². The molecule has 2 atom stereocenters. The largest absolute Gasteiger partial charge is 0.369 e. The van der Waals surface area contributed by atoms with Crippen molar-refractivity contribution in [1.29, 1.82) is 0 Å². The van der Waals surface area contributed by atoms with Crippen molar-refractivity contribution in [2.24, 2.45) is 0 Å². The number of halogens is 1. The average molecular weight is 380 g/mol. The molecule has 4 heterocycles. The van der Waals surface area contributed by atoms with Crippen LogP contribution in [0.4, 0.5) is 10.2 Å². The standard InChI is InChI=1S/C21H25FN6/c1-14-11-21(13-24-14)6-4-15-2-3-18(22)16(10-15)17-12-26-28-9-5-19(27-20(17)28)23-7-8-25-21/h2-3,5,9-10,12,14,24-25H,4,6-8,11,13H2,1H3,(H,23,27).